The molecule has 0 amide bonds. The van der Waals surface area contributed by atoms with Gasteiger partial charge in [-0.3, -0.25) is 0 Å². The van der Waals surface area contributed by atoms with Crippen LogP contribution in [0.25, 0.3) is 0 Å². The van der Waals surface area contributed by atoms with Gasteiger partial charge in [0.15, 0.2) is 0 Å². The molecule has 0 heterocycles. The number of aliphatic hydroxyl groups excluding tert-OH is 1. The standard InChI is InChI=1S/C21H34O/c1-4-20(2)11-10-17-16-6-5-14-13-15(22)9-12-21(14,3)19(16)8-7-18(17)20/h14-16,19,22H,4-13H2,1-3H3. The second-order valence-electron chi connectivity index (χ2n) is 9.38. The molecule has 2 fully saturated rings. The summed E-state index contributed by atoms with van der Waals surface area (Å²) in [4.78, 5) is 0. The highest BCUT2D eigenvalue weighted by atomic mass is 16.3. The third-order valence-corrected chi connectivity index (χ3v) is 8.66. The van der Waals surface area contributed by atoms with Crippen LogP contribution in [-0.2, 0) is 0 Å². The van der Waals surface area contributed by atoms with E-state index in [4.69, 9.17) is 0 Å². The second kappa shape index (κ2) is 5.10. The van der Waals surface area contributed by atoms with E-state index in [1.807, 2.05) is 11.1 Å². The molecule has 0 saturated heterocycles. The number of rotatable bonds is 1. The summed E-state index contributed by atoms with van der Waals surface area (Å²) in [6, 6.07) is 0. The lowest BCUT2D eigenvalue weighted by Gasteiger charge is -2.57. The monoisotopic (exact) mass is 302 g/mol. The maximum absolute atomic E-state index is 10.1. The maximum atomic E-state index is 10.1. The molecule has 0 aromatic heterocycles. The molecule has 6 atom stereocenters. The van der Waals surface area contributed by atoms with Crippen LogP contribution in [0.1, 0.15) is 85.0 Å². The molecule has 4 aliphatic carbocycles. The molecule has 1 N–H and O–H groups in total. The Balaban J connectivity index is 1.65. The van der Waals surface area contributed by atoms with E-state index < -0.39 is 0 Å². The lowest BCUT2D eigenvalue weighted by atomic mass is 9.49. The van der Waals surface area contributed by atoms with E-state index in [0.29, 0.717) is 10.8 Å². The van der Waals surface area contributed by atoms with Crippen molar-refractivity contribution in [3.63, 3.8) is 0 Å². The minimum absolute atomic E-state index is 0.0112. The van der Waals surface area contributed by atoms with Crippen LogP contribution in [-0.4, -0.2) is 11.2 Å². The van der Waals surface area contributed by atoms with Crippen molar-refractivity contribution in [1.29, 1.82) is 0 Å². The first kappa shape index (κ1) is 15.2. The normalized spacial score (nSPS) is 51.3. The van der Waals surface area contributed by atoms with Gasteiger partial charge in [0.2, 0.25) is 0 Å². The zero-order valence-electron chi connectivity index (χ0n) is 14.8. The first-order chi connectivity index (χ1) is 10.5. The van der Waals surface area contributed by atoms with E-state index in [1.54, 1.807) is 0 Å². The highest BCUT2D eigenvalue weighted by Gasteiger charge is 2.54. The van der Waals surface area contributed by atoms with Crippen LogP contribution in [0.15, 0.2) is 11.1 Å². The van der Waals surface area contributed by atoms with E-state index in [2.05, 4.69) is 20.8 Å². The molecule has 0 aromatic rings. The predicted molar refractivity (Wildman–Crippen MR) is 91.6 cm³/mol. The SMILES string of the molecule is CCC1(C)CCC2=C1CCC1C2CCC2CC(O)CCC21C. The molecule has 0 aliphatic heterocycles. The van der Waals surface area contributed by atoms with Crippen molar-refractivity contribution >= 4 is 0 Å². The summed E-state index contributed by atoms with van der Waals surface area (Å²) >= 11 is 0. The first-order valence-electron chi connectivity index (χ1n) is 9.88. The largest absolute Gasteiger partial charge is 0.393 e. The quantitative estimate of drug-likeness (QED) is 0.636. The third kappa shape index (κ3) is 2.00. The molecule has 1 heteroatoms. The lowest BCUT2D eigenvalue weighted by molar-refractivity contribution is -0.0696. The molecule has 124 valence electrons. The highest BCUT2D eigenvalue weighted by molar-refractivity contribution is 5.33. The van der Waals surface area contributed by atoms with Gasteiger partial charge in [-0.1, -0.05) is 31.9 Å². The van der Waals surface area contributed by atoms with E-state index in [-0.39, 0.29) is 6.10 Å². The lowest BCUT2D eigenvalue weighted by Crippen LogP contribution is -2.49. The summed E-state index contributed by atoms with van der Waals surface area (Å²) in [6.45, 7) is 7.50. The van der Waals surface area contributed by atoms with Crippen molar-refractivity contribution in [3.05, 3.63) is 11.1 Å². The Hall–Kier alpha value is -0.300. The topological polar surface area (TPSA) is 20.2 Å². The van der Waals surface area contributed by atoms with Crippen molar-refractivity contribution in [2.75, 3.05) is 0 Å². The van der Waals surface area contributed by atoms with Crippen molar-refractivity contribution in [3.8, 4) is 0 Å². The van der Waals surface area contributed by atoms with Gasteiger partial charge in [-0.25, -0.2) is 0 Å². The molecule has 1 nitrogen and oxygen atoms in total. The Morgan fingerprint density at radius 1 is 1.05 bits per heavy atom. The maximum Gasteiger partial charge on any atom is 0.0543 e. The Morgan fingerprint density at radius 2 is 1.86 bits per heavy atom. The summed E-state index contributed by atoms with van der Waals surface area (Å²) in [5.74, 6) is 2.60. The van der Waals surface area contributed by atoms with E-state index in [0.717, 1.165) is 30.6 Å². The van der Waals surface area contributed by atoms with Gasteiger partial charge < -0.3 is 5.11 Å². The van der Waals surface area contributed by atoms with Gasteiger partial charge in [0.05, 0.1) is 6.10 Å². The summed E-state index contributed by atoms with van der Waals surface area (Å²) < 4.78 is 0. The second-order valence-corrected chi connectivity index (χ2v) is 9.38. The summed E-state index contributed by atoms with van der Waals surface area (Å²) in [5.41, 5.74) is 4.84. The Bertz CT molecular complexity index is 492. The summed E-state index contributed by atoms with van der Waals surface area (Å²) in [7, 11) is 0. The van der Waals surface area contributed by atoms with Crippen LogP contribution in [0, 0.1) is 28.6 Å². The molecular formula is C21H34O. The van der Waals surface area contributed by atoms with E-state index >= 15 is 0 Å². The number of hydrogen-bond acceptors (Lipinski definition) is 1. The average Bonchev–Trinajstić information content (AvgIpc) is 2.86. The molecule has 0 aromatic carbocycles. The van der Waals surface area contributed by atoms with Gasteiger partial charge in [-0.2, -0.15) is 0 Å². The highest BCUT2D eigenvalue weighted by Crippen LogP contribution is 2.64. The predicted octanol–water partition coefficient (Wildman–Crippen LogP) is 5.48. The number of hydrogen-bond donors (Lipinski definition) is 1. The van der Waals surface area contributed by atoms with Gasteiger partial charge in [0.1, 0.15) is 0 Å². The molecule has 0 radical (unpaired) electrons. The van der Waals surface area contributed by atoms with Gasteiger partial charge in [-0.05, 0) is 92.8 Å². The van der Waals surface area contributed by atoms with Crippen molar-refractivity contribution in [1.82, 2.24) is 0 Å². The van der Waals surface area contributed by atoms with Crippen LogP contribution in [0.2, 0.25) is 0 Å². The average molecular weight is 303 g/mol. The fourth-order valence-corrected chi connectivity index (χ4v) is 6.98. The number of aliphatic hydroxyl groups is 1. The van der Waals surface area contributed by atoms with Gasteiger partial charge in [-0.15, -0.1) is 0 Å². The third-order valence-electron chi connectivity index (χ3n) is 8.66. The van der Waals surface area contributed by atoms with Crippen LogP contribution in [0.5, 0.6) is 0 Å². The molecule has 6 unspecified atom stereocenters. The van der Waals surface area contributed by atoms with Crippen LogP contribution < -0.4 is 0 Å². The molecular weight excluding hydrogens is 268 g/mol. The molecule has 4 rings (SSSR count). The van der Waals surface area contributed by atoms with Gasteiger partial charge in [0, 0.05) is 0 Å². The van der Waals surface area contributed by atoms with E-state index in [1.165, 1.54) is 51.4 Å². The molecule has 0 spiro atoms. The number of fused-ring (bicyclic) bond motifs is 4. The summed E-state index contributed by atoms with van der Waals surface area (Å²) in [6.07, 6.45) is 13.1. The molecule has 0 bridgehead atoms. The van der Waals surface area contributed by atoms with Gasteiger partial charge >= 0.3 is 0 Å². The van der Waals surface area contributed by atoms with Crippen molar-refractivity contribution in [2.24, 2.45) is 28.6 Å². The number of allylic oxidation sites excluding steroid dienone is 2. The van der Waals surface area contributed by atoms with Crippen molar-refractivity contribution in [2.45, 2.75) is 91.1 Å². The van der Waals surface area contributed by atoms with Crippen LogP contribution in [0.4, 0.5) is 0 Å². The van der Waals surface area contributed by atoms with E-state index in [9.17, 15) is 5.11 Å². The zero-order valence-corrected chi connectivity index (χ0v) is 14.8. The molecule has 4 aliphatic rings. The Morgan fingerprint density at radius 3 is 2.64 bits per heavy atom. The van der Waals surface area contributed by atoms with Crippen LogP contribution in [0.3, 0.4) is 0 Å². The van der Waals surface area contributed by atoms with Gasteiger partial charge in [0.25, 0.3) is 0 Å². The van der Waals surface area contributed by atoms with Crippen LogP contribution >= 0.6 is 0 Å². The smallest absolute Gasteiger partial charge is 0.0543 e. The minimum atomic E-state index is -0.0112. The Kier molecular flexibility index (Phi) is 3.53. The fraction of sp³-hybridized carbons (Fsp3) is 0.905. The molecule has 2 saturated carbocycles. The van der Waals surface area contributed by atoms with Crippen molar-refractivity contribution < 1.29 is 5.11 Å². The minimum Gasteiger partial charge on any atom is -0.393 e. The fourth-order valence-electron chi connectivity index (χ4n) is 6.98. The Labute approximate surface area is 136 Å². The first-order valence-corrected chi connectivity index (χ1v) is 9.88. The zero-order chi connectivity index (χ0) is 15.5. The summed E-state index contributed by atoms with van der Waals surface area (Å²) in [5, 5.41) is 10.1. The molecule has 22 heavy (non-hydrogen) atoms.